The standard InChI is InChI=1S/C25H23N5O2S/c26-25-22(15-17-9-11-21(12-10-17)33(27,31)32)24(18-5-2-1-3-6-18)29-30(25)16-20-8-4-7-19-13-14-28-23(19)20/h1-14,28H,15-16,26H2,(H2,27,31,32). The molecule has 0 bridgehead atoms. The number of nitrogen functional groups attached to an aromatic ring is 1. The summed E-state index contributed by atoms with van der Waals surface area (Å²) >= 11 is 0. The lowest BCUT2D eigenvalue weighted by atomic mass is 10.0. The number of aromatic nitrogens is 3. The summed E-state index contributed by atoms with van der Waals surface area (Å²) in [7, 11) is -3.74. The predicted octanol–water partition coefficient (Wildman–Crippen LogP) is 3.90. The van der Waals surface area contributed by atoms with Crippen molar-refractivity contribution in [3.8, 4) is 11.3 Å². The highest BCUT2D eigenvalue weighted by Crippen LogP contribution is 2.31. The van der Waals surface area contributed by atoms with Gasteiger partial charge in [-0.1, -0.05) is 60.7 Å². The summed E-state index contributed by atoms with van der Waals surface area (Å²) in [5.74, 6) is 0.577. The number of H-pyrrole nitrogens is 1. The molecule has 166 valence electrons. The zero-order valence-electron chi connectivity index (χ0n) is 17.8. The summed E-state index contributed by atoms with van der Waals surface area (Å²) in [5.41, 5.74) is 12.4. The number of primary sulfonamides is 1. The Kier molecular flexibility index (Phi) is 5.24. The molecule has 7 nitrogen and oxygen atoms in total. The van der Waals surface area contributed by atoms with Crippen LogP contribution in [0.3, 0.4) is 0 Å². The van der Waals surface area contributed by atoms with Crippen LogP contribution in [0.2, 0.25) is 0 Å². The molecule has 5 N–H and O–H groups in total. The molecule has 0 aliphatic rings. The number of benzene rings is 3. The van der Waals surface area contributed by atoms with Crippen molar-refractivity contribution >= 4 is 26.7 Å². The van der Waals surface area contributed by atoms with Gasteiger partial charge in [0.05, 0.1) is 22.7 Å². The van der Waals surface area contributed by atoms with Crippen LogP contribution in [0.15, 0.2) is 90.0 Å². The van der Waals surface area contributed by atoms with Gasteiger partial charge in [0, 0.05) is 23.7 Å². The van der Waals surface area contributed by atoms with E-state index in [0.717, 1.165) is 38.9 Å². The van der Waals surface area contributed by atoms with Crippen LogP contribution in [-0.2, 0) is 23.0 Å². The Balaban J connectivity index is 1.56. The molecule has 5 aromatic rings. The van der Waals surface area contributed by atoms with E-state index in [-0.39, 0.29) is 4.90 Å². The molecule has 0 atom stereocenters. The van der Waals surface area contributed by atoms with E-state index in [1.165, 1.54) is 12.1 Å². The maximum atomic E-state index is 11.6. The second-order valence-corrected chi connectivity index (χ2v) is 9.52. The van der Waals surface area contributed by atoms with Gasteiger partial charge < -0.3 is 10.7 Å². The molecule has 2 heterocycles. The molecule has 8 heteroatoms. The van der Waals surface area contributed by atoms with Gasteiger partial charge in [-0.05, 0) is 34.7 Å². The Bertz CT molecular complexity index is 1540. The lowest BCUT2D eigenvalue weighted by Crippen LogP contribution is -2.12. The highest BCUT2D eigenvalue weighted by atomic mass is 32.2. The molecule has 33 heavy (non-hydrogen) atoms. The van der Waals surface area contributed by atoms with Crippen LogP contribution in [0.5, 0.6) is 0 Å². The normalized spacial score (nSPS) is 11.8. The van der Waals surface area contributed by atoms with Gasteiger partial charge in [-0.15, -0.1) is 0 Å². The fraction of sp³-hybridized carbons (Fsp3) is 0.0800. The first-order valence-corrected chi connectivity index (χ1v) is 12.0. The number of para-hydroxylation sites is 1. The van der Waals surface area contributed by atoms with E-state index >= 15 is 0 Å². The first-order chi connectivity index (χ1) is 15.9. The average Bonchev–Trinajstić information content (AvgIpc) is 3.41. The first-order valence-electron chi connectivity index (χ1n) is 10.5. The quantitative estimate of drug-likeness (QED) is 0.358. The van der Waals surface area contributed by atoms with Crippen LogP contribution in [-0.4, -0.2) is 23.2 Å². The van der Waals surface area contributed by atoms with Gasteiger partial charge >= 0.3 is 0 Å². The number of nitrogens with one attached hydrogen (secondary N) is 1. The zero-order chi connectivity index (χ0) is 23.0. The summed E-state index contributed by atoms with van der Waals surface area (Å²) in [4.78, 5) is 3.38. The van der Waals surface area contributed by atoms with E-state index in [1.54, 1.807) is 12.1 Å². The van der Waals surface area contributed by atoms with Gasteiger partial charge in [-0.2, -0.15) is 5.10 Å². The van der Waals surface area contributed by atoms with E-state index in [2.05, 4.69) is 17.1 Å². The molecule has 0 fully saturated rings. The molecule has 0 amide bonds. The fourth-order valence-corrected chi connectivity index (χ4v) is 4.59. The van der Waals surface area contributed by atoms with E-state index < -0.39 is 10.0 Å². The Morgan fingerprint density at radius 1 is 0.909 bits per heavy atom. The molecule has 0 radical (unpaired) electrons. The van der Waals surface area contributed by atoms with E-state index in [9.17, 15) is 8.42 Å². The third-order valence-corrected chi connectivity index (χ3v) is 6.70. The van der Waals surface area contributed by atoms with Crippen molar-refractivity contribution in [3.05, 3.63) is 102 Å². The summed E-state index contributed by atoms with van der Waals surface area (Å²) in [5, 5.41) is 11.2. The Labute approximate surface area is 191 Å². The van der Waals surface area contributed by atoms with Crippen LogP contribution < -0.4 is 10.9 Å². The van der Waals surface area contributed by atoms with E-state index in [0.29, 0.717) is 18.8 Å². The molecule has 0 aliphatic carbocycles. The van der Waals surface area contributed by atoms with Gasteiger partial charge in [0.25, 0.3) is 0 Å². The van der Waals surface area contributed by atoms with Crippen molar-refractivity contribution in [2.75, 3.05) is 5.73 Å². The van der Waals surface area contributed by atoms with Gasteiger partial charge in [-0.25, -0.2) is 18.2 Å². The number of nitrogens with two attached hydrogens (primary N) is 2. The van der Waals surface area contributed by atoms with Crippen LogP contribution in [0.25, 0.3) is 22.2 Å². The molecule has 0 unspecified atom stereocenters. The number of aromatic amines is 1. The lowest BCUT2D eigenvalue weighted by Gasteiger charge is -2.08. The predicted molar refractivity (Wildman–Crippen MR) is 130 cm³/mol. The maximum absolute atomic E-state index is 11.6. The molecule has 0 saturated heterocycles. The number of fused-ring (bicyclic) bond motifs is 1. The van der Waals surface area contributed by atoms with Crippen molar-refractivity contribution < 1.29 is 8.42 Å². The van der Waals surface area contributed by atoms with Crippen LogP contribution >= 0.6 is 0 Å². The van der Waals surface area contributed by atoms with Crippen LogP contribution in [0, 0.1) is 0 Å². The highest BCUT2D eigenvalue weighted by Gasteiger charge is 2.19. The Morgan fingerprint density at radius 2 is 1.67 bits per heavy atom. The monoisotopic (exact) mass is 457 g/mol. The smallest absolute Gasteiger partial charge is 0.238 e. The summed E-state index contributed by atoms with van der Waals surface area (Å²) in [6.45, 7) is 0.522. The number of sulfonamides is 1. The van der Waals surface area contributed by atoms with Gasteiger partial charge in [-0.3, -0.25) is 0 Å². The van der Waals surface area contributed by atoms with Gasteiger partial charge in [0.1, 0.15) is 5.82 Å². The minimum absolute atomic E-state index is 0.0808. The SMILES string of the molecule is Nc1c(Cc2ccc(S(N)(=O)=O)cc2)c(-c2ccccc2)nn1Cc1cccc2cc[nH]c12. The minimum atomic E-state index is -3.74. The molecular formula is C25H23N5O2S. The molecule has 3 aromatic carbocycles. The van der Waals surface area contributed by atoms with Crippen LogP contribution in [0.1, 0.15) is 16.7 Å². The number of anilines is 1. The van der Waals surface area contributed by atoms with Crippen molar-refractivity contribution in [1.82, 2.24) is 14.8 Å². The van der Waals surface area contributed by atoms with Crippen LogP contribution in [0.4, 0.5) is 5.82 Å². The number of hydrogen-bond acceptors (Lipinski definition) is 4. The number of nitrogens with zero attached hydrogens (tertiary/aromatic N) is 2. The third-order valence-electron chi connectivity index (χ3n) is 5.77. The van der Waals surface area contributed by atoms with Crippen molar-refractivity contribution in [3.63, 3.8) is 0 Å². The van der Waals surface area contributed by atoms with E-state index in [4.69, 9.17) is 16.0 Å². The molecule has 2 aromatic heterocycles. The molecule has 0 saturated carbocycles. The minimum Gasteiger partial charge on any atom is -0.384 e. The molecule has 5 rings (SSSR count). The molecule has 0 aliphatic heterocycles. The summed E-state index contributed by atoms with van der Waals surface area (Å²) < 4.78 is 25.0. The zero-order valence-corrected chi connectivity index (χ0v) is 18.6. The Hall–Kier alpha value is -3.88. The second-order valence-electron chi connectivity index (χ2n) is 7.96. The van der Waals surface area contributed by atoms with Gasteiger partial charge in [0.15, 0.2) is 0 Å². The summed E-state index contributed by atoms with van der Waals surface area (Å²) in [6, 6.07) is 24.6. The molecule has 0 spiro atoms. The third kappa shape index (κ3) is 4.13. The number of rotatable bonds is 6. The molecular weight excluding hydrogens is 434 g/mol. The second kappa shape index (κ2) is 8.23. The van der Waals surface area contributed by atoms with E-state index in [1.807, 2.05) is 53.3 Å². The highest BCUT2D eigenvalue weighted by molar-refractivity contribution is 7.89. The Morgan fingerprint density at radius 3 is 2.39 bits per heavy atom. The van der Waals surface area contributed by atoms with Crippen molar-refractivity contribution in [2.24, 2.45) is 5.14 Å². The topological polar surface area (TPSA) is 120 Å². The number of hydrogen-bond donors (Lipinski definition) is 3. The van der Waals surface area contributed by atoms with Crippen molar-refractivity contribution in [1.29, 1.82) is 0 Å². The summed E-state index contributed by atoms with van der Waals surface area (Å²) in [6.07, 6.45) is 2.43. The largest absolute Gasteiger partial charge is 0.384 e. The van der Waals surface area contributed by atoms with Gasteiger partial charge in [0.2, 0.25) is 10.0 Å². The fourth-order valence-electron chi connectivity index (χ4n) is 4.08. The average molecular weight is 458 g/mol. The maximum Gasteiger partial charge on any atom is 0.238 e. The lowest BCUT2D eigenvalue weighted by molar-refractivity contribution is 0.598. The van der Waals surface area contributed by atoms with Crippen molar-refractivity contribution in [2.45, 2.75) is 17.9 Å². The first kappa shape index (κ1) is 21.0.